The molecule has 0 N–H and O–H groups in total. The number of epoxide rings is 1. The van der Waals surface area contributed by atoms with E-state index < -0.39 is 8.80 Å². The average molecular weight is 246 g/mol. The molecule has 1 saturated carbocycles. The summed E-state index contributed by atoms with van der Waals surface area (Å²) < 4.78 is 21.9. The van der Waals surface area contributed by atoms with Crippen LogP contribution in [-0.2, 0) is 18.0 Å². The Kier molecular flexibility index (Phi) is 4.02. The molecule has 1 aliphatic carbocycles. The van der Waals surface area contributed by atoms with E-state index in [1.54, 1.807) is 21.3 Å². The topological polar surface area (TPSA) is 40.2 Å². The summed E-state index contributed by atoms with van der Waals surface area (Å²) in [5.41, 5.74) is 0. The zero-order valence-electron chi connectivity index (χ0n) is 10.4. The first-order chi connectivity index (χ1) is 7.74. The van der Waals surface area contributed by atoms with Crippen LogP contribution in [0.2, 0.25) is 6.04 Å². The van der Waals surface area contributed by atoms with Gasteiger partial charge in [-0.05, 0) is 25.2 Å². The predicted molar refractivity (Wildman–Crippen MR) is 62.2 cm³/mol. The molecule has 94 valence electrons. The van der Waals surface area contributed by atoms with Gasteiger partial charge in [0, 0.05) is 27.4 Å². The maximum Gasteiger partial charge on any atom is 0.500 e. The van der Waals surface area contributed by atoms with Crippen molar-refractivity contribution in [2.45, 2.75) is 43.9 Å². The smallest absolute Gasteiger partial charge is 0.377 e. The number of fused-ring (bicyclic) bond motifs is 1. The van der Waals surface area contributed by atoms with Crippen LogP contribution in [0.3, 0.4) is 0 Å². The molecule has 0 spiro atoms. The highest BCUT2D eigenvalue weighted by Crippen LogP contribution is 2.43. The fraction of sp³-hybridized carbons (Fsp3) is 1.00. The first-order valence-electron chi connectivity index (χ1n) is 6.05. The molecule has 3 unspecified atom stereocenters. The molecule has 0 aromatic carbocycles. The van der Waals surface area contributed by atoms with Gasteiger partial charge in [0.15, 0.2) is 0 Å². The van der Waals surface area contributed by atoms with Gasteiger partial charge in [-0.25, -0.2) is 0 Å². The normalized spacial score (nSPS) is 33.6. The lowest BCUT2D eigenvalue weighted by Crippen LogP contribution is -2.43. The molecule has 4 nitrogen and oxygen atoms in total. The van der Waals surface area contributed by atoms with E-state index >= 15 is 0 Å². The molecule has 0 bridgehead atoms. The zero-order valence-corrected chi connectivity index (χ0v) is 11.4. The molecule has 3 atom stereocenters. The Morgan fingerprint density at radius 1 is 1.12 bits per heavy atom. The minimum atomic E-state index is -2.37. The van der Waals surface area contributed by atoms with Gasteiger partial charge >= 0.3 is 8.80 Å². The minimum absolute atomic E-state index is 0.519. The molecule has 0 amide bonds. The lowest BCUT2D eigenvalue weighted by Gasteiger charge is -2.26. The Hall–Kier alpha value is 0.0569. The van der Waals surface area contributed by atoms with E-state index in [9.17, 15) is 0 Å². The van der Waals surface area contributed by atoms with Crippen molar-refractivity contribution in [2.75, 3.05) is 21.3 Å². The van der Waals surface area contributed by atoms with Gasteiger partial charge in [-0.1, -0.05) is 6.42 Å². The van der Waals surface area contributed by atoms with Gasteiger partial charge in [-0.2, -0.15) is 0 Å². The summed E-state index contributed by atoms with van der Waals surface area (Å²) in [6, 6.07) is 0.897. The monoisotopic (exact) mass is 246 g/mol. The van der Waals surface area contributed by atoms with Gasteiger partial charge < -0.3 is 18.0 Å². The van der Waals surface area contributed by atoms with Crippen LogP contribution in [0.5, 0.6) is 0 Å². The largest absolute Gasteiger partial charge is 0.500 e. The summed E-state index contributed by atoms with van der Waals surface area (Å²) in [6.45, 7) is 0. The molecule has 0 aromatic heterocycles. The highest BCUT2D eigenvalue weighted by atomic mass is 28.4. The van der Waals surface area contributed by atoms with Crippen molar-refractivity contribution in [3.05, 3.63) is 0 Å². The van der Waals surface area contributed by atoms with E-state index in [1.807, 2.05) is 0 Å². The van der Waals surface area contributed by atoms with E-state index in [1.165, 1.54) is 19.3 Å². The fourth-order valence-electron chi connectivity index (χ4n) is 2.78. The molecule has 16 heavy (non-hydrogen) atoms. The van der Waals surface area contributed by atoms with Gasteiger partial charge in [-0.15, -0.1) is 0 Å². The van der Waals surface area contributed by atoms with E-state index in [2.05, 4.69) is 0 Å². The molecule has 1 aliphatic heterocycles. The SMILES string of the molecule is CO[Si](CCC1CCCC2OC12)(OC)OC. The van der Waals surface area contributed by atoms with Crippen molar-refractivity contribution >= 4 is 8.80 Å². The molecular formula is C11H22O4Si. The average Bonchev–Trinajstić information content (AvgIpc) is 3.11. The highest BCUT2D eigenvalue weighted by Gasteiger charge is 2.48. The minimum Gasteiger partial charge on any atom is -0.377 e. The van der Waals surface area contributed by atoms with E-state index in [0.717, 1.165) is 12.5 Å². The Morgan fingerprint density at radius 2 is 1.81 bits per heavy atom. The standard InChI is InChI=1S/C11H22O4Si/c1-12-16(13-2,14-3)8-7-9-5-4-6-10-11(9)15-10/h9-11H,4-8H2,1-3H3. The van der Waals surface area contributed by atoms with Crippen LogP contribution in [0.4, 0.5) is 0 Å². The number of hydrogen-bond acceptors (Lipinski definition) is 4. The summed E-state index contributed by atoms with van der Waals surface area (Å²) in [5, 5.41) is 0. The van der Waals surface area contributed by atoms with Crippen LogP contribution in [0, 0.1) is 5.92 Å². The summed E-state index contributed by atoms with van der Waals surface area (Å²) >= 11 is 0. The van der Waals surface area contributed by atoms with Gasteiger partial charge in [0.1, 0.15) is 0 Å². The summed E-state index contributed by atoms with van der Waals surface area (Å²) in [5.74, 6) is 0.686. The lowest BCUT2D eigenvalue weighted by atomic mass is 9.87. The molecular weight excluding hydrogens is 224 g/mol. The van der Waals surface area contributed by atoms with E-state index in [4.69, 9.17) is 18.0 Å². The van der Waals surface area contributed by atoms with Crippen molar-refractivity contribution in [3.63, 3.8) is 0 Å². The van der Waals surface area contributed by atoms with Crippen LogP contribution in [-0.4, -0.2) is 42.3 Å². The van der Waals surface area contributed by atoms with Gasteiger partial charge in [0.25, 0.3) is 0 Å². The zero-order chi connectivity index (χ0) is 11.6. The highest BCUT2D eigenvalue weighted by molar-refractivity contribution is 6.60. The van der Waals surface area contributed by atoms with Crippen molar-refractivity contribution < 1.29 is 18.0 Å². The third-order valence-electron chi connectivity index (χ3n) is 3.90. The van der Waals surface area contributed by atoms with Gasteiger partial charge in [-0.3, -0.25) is 0 Å². The number of ether oxygens (including phenoxy) is 1. The molecule has 2 fully saturated rings. The van der Waals surface area contributed by atoms with E-state index in [-0.39, 0.29) is 0 Å². The van der Waals surface area contributed by atoms with Crippen molar-refractivity contribution in [3.8, 4) is 0 Å². The first kappa shape index (κ1) is 12.5. The molecule has 0 radical (unpaired) electrons. The Balaban J connectivity index is 1.81. The van der Waals surface area contributed by atoms with Gasteiger partial charge in [0.05, 0.1) is 12.2 Å². The van der Waals surface area contributed by atoms with Crippen LogP contribution >= 0.6 is 0 Å². The summed E-state index contributed by atoms with van der Waals surface area (Å²) in [4.78, 5) is 0. The number of rotatable bonds is 6. The van der Waals surface area contributed by atoms with Crippen molar-refractivity contribution in [1.82, 2.24) is 0 Å². The fourth-order valence-corrected chi connectivity index (χ4v) is 4.61. The van der Waals surface area contributed by atoms with Gasteiger partial charge in [0.2, 0.25) is 0 Å². The first-order valence-corrected chi connectivity index (χ1v) is 7.99. The lowest BCUT2D eigenvalue weighted by molar-refractivity contribution is 0.120. The van der Waals surface area contributed by atoms with Crippen LogP contribution in [0.15, 0.2) is 0 Å². The third-order valence-corrected chi connectivity index (χ3v) is 6.67. The molecule has 2 aliphatic rings. The van der Waals surface area contributed by atoms with Crippen LogP contribution in [0.1, 0.15) is 25.7 Å². The molecule has 2 rings (SSSR count). The molecule has 1 heterocycles. The van der Waals surface area contributed by atoms with E-state index in [0.29, 0.717) is 18.1 Å². The Bertz CT molecular complexity index is 224. The predicted octanol–water partition coefficient (Wildman–Crippen LogP) is 1.82. The molecule has 1 saturated heterocycles. The summed E-state index contributed by atoms with van der Waals surface area (Å²) in [6.07, 6.45) is 6.01. The Morgan fingerprint density at radius 3 is 2.44 bits per heavy atom. The number of hydrogen-bond donors (Lipinski definition) is 0. The van der Waals surface area contributed by atoms with Crippen molar-refractivity contribution in [1.29, 1.82) is 0 Å². The second-order valence-electron chi connectivity index (χ2n) is 4.66. The maximum absolute atomic E-state index is 5.65. The maximum atomic E-state index is 5.65. The Labute approximate surface area is 98.6 Å². The van der Waals surface area contributed by atoms with Crippen LogP contribution in [0.25, 0.3) is 0 Å². The van der Waals surface area contributed by atoms with Crippen LogP contribution < -0.4 is 0 Å². The quantitative estimate of drug-likeness (QED) is 0.529. The third kappa shape index (κ3) is 2.48. The second kappa shape index (κ2) is 5.14. The van der Waals surface area contributed by atoms with Crippen molar-refractivity contribution in [2.24, 2.45) is 5.92 Å². The molecule has 0 aromatic rings. The summed E-state index contributed by atoms with van der Waals surface area (Å²) in [7, 11) is 2.66. The second-order valence-corrected chi connectivity index (χ2v) is 7.75. The molecule has 5 heteroatoms.